The molecule has 4 heteroatoms. The number of amides is 1. The molecule has 0 aliphatic heterocycles. The van der Waals surface area contributed by atoms with Gasteiger partial charge in [0.05, 0.1) is 6.54 Å². The summed E-state index contributed by atoms with van der Waals surface area (Å²) in [6.45, 7) is 2.42. The van der Waals surface area contributed by atoms with E-state index >= 15 is 0 Å². The Morgan fingerprint density at radius 1 is 1.69 bits per heavy atom. The van der Waals surface area contributed by atoms with Gasteiger partial charge in [0.1, 0.15) is 0 Å². The molecular weight excluding hydrogens is 184 g/mol. The predicted molar refractivity (Wildman–Crippen MR) is 54.8 cm³/mol. The smallest absolute Gasteiger partial charge is 0.233 e. The minimum absolute atomic E-state index is 0.0170. The molecule has 0 saturated heterocycles. The Morgan fingerprint density at radius 2 is 2.46 bits per heavy atom. The summed E-state index contributed by atoms with van der Waals surface area (Å²) < 4.78 is 0. The van der Waals surface area contributed by atoms with E-state index in [0.29, 0.717) is 6.54 Å². The Morgan fingerprint density at radius 3 is 3.00 bits per heavy atom. The van der Waals surface area contributed by atoms with Gasteiger partial charge in [0.2, 0.25) is 5.91 Å². The predicted octanol–water partition coefficient (Wildman–Crippen LogP) is 1.14. The van der Waals surface area contributed by atoms with Crippen LogP contribution >= 0.6 is 11.3 Å². The van der Waals surface area contributed by atoms with Crippen molar-refractivity contribution in [1.29, 1.82) is 0 Å². The van der Waals surface area contributed by atoms with Crippen LogP contribution in [0.3, 0.4) is 0 Å². The fourth-order valence-electron chi connectivity index (χ4n) is 0.972. The third kappa shape index (κ3) is 3.16. The Kier molecular flexibility index (Phi) is 3.92. The van der Waals surface area contributed by atoms with E-state index in [2.05, 4.69) is 23.6 Å². The number of carbonyl (C=O) groups excluding carboxylic acids is 1. The zero-order valence-corrected chi connectivity index (χ0v) is 8.65. The van der Waals surface area contributed by atoms with Gasteiger partial charge in [0, 0.05) is 18.0 Å². The van der Waals surface area contributed by atoms with Gasteiger partial charge in [-0.1, -0.05) is 6.07 Å². The summed E-state index contributed by atoms with van der Waals surface area (Å²) in [6, 6.07) is 4.32. The van der Waals surface area contributed by atoms with Gasteiger partial charge in [0.25, 0.3) is 0 Å². The fraction of sp³-hybridized carbons (Fsp3) is 0.444. The zero-order chi connectivity index (χ0) is 9.68. The molecule has 0 spiro atoms. The first-order valence-corrected chi connectivity index (χ1v) is 5.09. The van der Waals surface area contributed by atoms with Crippen LogP contribution in [0.25, 0.3) is 0 Å². The van der Waals surface area contributed by atoms with E-state index in [4.69, 9.17) is 0 Å². The lowest BCUT2D eigenvalue weighted by Gasteiger charge is -2.10. The normalized spacial score (nSPS) is 12.5. The van der Waals surface area contributed by atoms with Gasteiger partial charge >= 0.3 is 0 Å². The number of hydrogen-bond acceptors (Lipinski definition) is 3. The van der Waals surface area contributed by atoms with Gasteiger partial charge in [-0.3, -0.25) is 4.79 Å². The van der Waals surface area contributed by atoms with E-state index in [1.807, 2.05) is 11.4 Å². The number of rotatable bonds is 4. The van der Waals surface area contributed by atoms with Crippen molar-refractivity contribution in [1.82, 2.24) is 10.6 Å². The summed E-state index contributed by atoms with van der Waals surface area (Å²) in [5.74, 6) is 0.0170. The quantitative estimate of drug-likeness (QED) is 0.762. The van der Waals surface area contributed by atoms with E-state index < -0.39 is 0 Å². The Labute approximate surface area is 82.2 Å². The second kappa shape index (κ2) is 4.99. The molecule has 0 radical (unpaired) electrons. The average Bonchev–Trinajstić information content (AvgIpc) is 2.66. The molecule has 0 saturated carbocycles. The van der Waals surface area contributed by atoms with Crippen LogP contribution in [0.1, 0.15) is 17.8 Å². The molecule has 1 unspecified atom stereocenters. The molecule has 0 aliphatic rings. The van der Waals surface area contributed by atoms with Crippen LogP contribution in [0.2, 0.25) is 0 Å². The SMILES string of the molecule is CNC(=O)CNC(C)c1cccs1. The minimum atomic E-state index is 0.0170. The van der Waals surface area contributed by atoms with Crippen LogP contribution < -0.4 is 10.6 Å². The van der Waals surface area contributed by atoms with E-state index in [-0.39, 0.29) is 11.9 Å². The average molecular weight is 198 g/mol. The van der Waals surface area contributed by atoms with Gasteiger partial charge < -0.3 is 10.6 Å². The van der Waals surface area contributed by atoms with Gasteiger partial charge in [0.15, 0.2) is 0 Å². The van der Waals surface area contributed by atoms with Crippen molar-refractivity contribution in [3.63, 3.8) is 0 Å². The van der Waals surface area contributed by atoms with Gasteiger partial charge in [-0.2, -0.15) is 0 Å². The summed E-state index contributed by atoms with van der Waals surface area (Å²) in [7, 11) is 1.64. The maximum Gasteiger partial charge on any atom is 0.233 e. The number of likely N-dealkylation sites (N-methyl/N-ethyl adjacent to an activating group) is 1. The van der Waals surface area contributed by atoms with Crippen molar-refractivity contribution in [2.45, 2.75) is 13.0 Å². The standard InChI is InChI=1S/C9H14N2OS/c1-7(8-4-3-5-13-8)11-6-9(12)10-2/h3-5,7,11H,6H2,1-2H3,(H,10,12). The van der Waals surface area contributed by atoms with Crippen LogP contribution in [-0.4, -0.2) is 19.5 Å². The molecule has 72 valence electrons. The van der Waals surface area contributed by atoms with Gasteiger partial charge in [-0.05, 0) is 18.4 Å². The number of carbonyl (C=O) groups is 1. The van der Waals surface area contributed by atoms with E-state index in [1.165, 1.54) is 4.88 Å². The fourth-order valence-corrected chi connectivity index (χ4v) is 1.73. The number of hydrogen-bond donors (Lipinski definition) is 2. The lowest BCUT2D eigenvalue weighted by Crippen LogP contribution is -2.32. The van der Waals surface area contributed by atoms with Crippen molar-refractivity contribution in [3.8, 4) is 0 Å². The minimum Gasteiger partial charge on any atom is -0.358 e. The molecule has 1 aromatic rings. The molecule has 1 amide bonds. The lowest BCUT2D eigenvalue weighted by atomic mass is 10.3. The molecule has 2 N–H and O–H groups in total. The van der Waals surface area contributed by atoms with Crippen molar-refractivity contribution in [3.05, 3.63) is 22.4 Å². The second-order valence-electron chi connectivity index (χ2n) is 2.79. The van der Waals surface area contributed by atoms with Crippen molar-refractivity contribution in [2.24, 2.45) is 0 Å². The molecular formula is C9H14N2OS. The summed E-state index contributed by atoms with van der Waals surface area (Å²) in [5.41, 5.74) is 0. The molecule has 0 fully saturated rings. The molecule has 3 nitrogen and oxygen atoms in total. The molecule has 1 atom stereocenters. The largest absolute Gasteiger partial charge is 0.358 e. The number of thiophene rings is 1. The third-order valence-corrected chi connectivity index (χ3v) is 2.87. The number of nitrogens with one attached hydrogen (secondary N) is 2. The Bertz CT molecular complexity index is 259. The summed E-state index contributed by atoms with van der Waals surface area (Å²) >= 11 is 1.70. The highest BCUT2D eigenvalue weighted by Crippen LogP contribution is 2.17. The highest BCUT2D eigenvalue weighted by atomic mass is 32.1. The van der Waals surface area contributed by atoms with Crippen molar-refractivity contribution in [2.75, 3.05) is 13.6 Å². The molecule has 13 heavy (non-hydrogen) atoms. The van der Waals surface area contributed by atoms with Gasteiger partial charge in [-0.15, -0.1) is 11.3 Å². The molecule has 1 aromatic heterocycles. The summed E-state index contributed by atoms with van der Waals surface area (Å²) in [4.78, 5) is 12.2. The Hall–Kier alpha value is -0.870. The monoisotopic (exact) mass is 198 g/mol. The first kappa shape index (κ1) is 10.2. The van der Waals surface area contributed by atoms with Crippen molar-refractivity contribution >= 4 is 17.2 Å². The van der Waals surface area contributed by atoms with Crippen LogP contribution in [0.15, 0.2) is 17.5 Å². The van der Waals surface area contributed by atoms with E-state index in [0.717, 1.165) is 0 Å². The molecule has 1 heterocycles. The first-order valence-electron chi connectivity index (χ1n) is 4.21. The lowest BCUT2D eigenvalue weighted by molar-refractivity contribution is -0.119. The molecule has 0 aromatic carbocycles. The molecule has 0 aliphatic carbocycles. The van der Waals surface area contributed by atoms with Crippen LogP contribution in [0.4, 0.5) is 0 Å². The summed E-state index contributed by atoms with van der Waals surface area (Å²) in [6.07, 6.45) is 0. The maximum atomic E-state index is 10.9. The van der Waals surface area contributed by atoms with Crippen LogP contribution in [-0.2, 0) is 4.79 Å². The molecule has 0 bridgehead atoms. The van der Waals surface area contributed by atoms with Gasteiger partial charge in [-0.25, -0.2) is 0 Å². The molecule has 1 rings (SSSR count). The highest BCUT2D eigenvalue weighted by Gasteiger charge is 2.06. The summed E-state index contributed by atoms with van der Waals surface area (Å²) in [5, 5.41) is 7.74. The van der Waals surface area contributed by atoms with E-state index in [1.54, 1.807) is 18.4 Å². The zero-order valence-electron chi connectivity index (χ0n) is 7.83. The Balaban J connectivity index is 2.34. The van der Waals surface area contributed by atoms with Crippen LogP contribution in [0, 0.1) is 0 Å². The third-order valence-electron chi connectivity index (χ3n) is 1.82. The maximum absolute atomic E-state index is 10.9. The van der Waals surface area contributed by atoms with E-state index in [9.17, 15) is 4.79 Å². The van der Waals surface area contributed by atoms with Crippen LogP contribution in [0.5, 0.6) is 0 Å². The topological polar surface area (TPSA) is 41.1 Å². The van der Waals surface area contributed by atoms with Crippen molar-refractivity contribution < 1.29 is 4.79 Å². The highest BCUT2D eigenvalue weighted by molar-refractivity contribution is 7.10. The second-order valence-corrected chi connectivity index (χ2v) is 3.77. The first-order chi connectivity index (χ1) is 6.24.